The number of nitrogens with one attached hydrogen (secondary N) is 3. The minimum atomic E-state index is -4.42. The number of alkyl halides is 3. The van der Waals surface area contributed by atoms with E-state index in [1.165, 1.54) is 68.1 Å². The zero-order chi connectivity index (χ0) is 85.6. The van der Waals surface area contributed by atoms with Crippen LogP contribution in [0.3, 0.4) is 0 Å². The number of primary sulfonamides is 2. The molecule has 3 amide bonds. The van der Waals surface area contributed by atoms with Gasteiger partial charge < -0.3 is 59.9 Å². The van der Waals surface area contributed by atoms with Gasteiger partial charge in [0.25, 0.3) is 11.4 Å². The van der Waals surface area contributed by atoms with Crippen molar-refractivity contribution in [1.29, 1.82) is 0 Å². The Hall–Kier alpha value is -10.00. The number of benzene rings is 5. The number of aryl methyl sites for hydroxylation is 1. The lowest BCUT2D eigenvalue weighted by molar-refractivity contribution is -0.387. The van der Waals surface area contributed by atoms with Crippen molar-refractivity contribution in [1.82, 2.24) is 29.6 Å². The van der Waals surface area contributed by atoms with Crippen LogP contribution in [0.2, 0.25) is 0 Å². The van der Waals surface area contributed by atoms with Gasteiger partial charge in [-0.3, -0.25) is 54.4 Å². The van der Waals surface area contributed by atoms with Crippen LogP contribution in [-0.4, -0.2) is 223 Å². The molecule has 35 nitrogen and oxygen atoms in total. The summed E-state index contributed by atoms with van der Waals surface area (Å²) >= 11 is 0. The number of H-pyrrole nitrogens is 1. The summed E-state index contributed by atoms with van der Waals surface area (Å²) in [5.41, 5.74) is 8.33. The van der Waals surface area contributed by atoms with Gasteiger partial charge in [0, 0.05) is 147 Å². The van der Waals surface area contributed by atoms with E-state index in [1.807, 2.05) is 6.07 Å². The molecule has 2 aromatic heterocycles. The predicted octanol–water partition coefficient (Wildman–Crippen LogP) is 8.60. The van der Waals surface area contributed by atoms with Crippen molar-refractivity contribution in [3.05, 3.63) is 180 Å². The number of aromatic amines is 1. The number of sulfonamides is 2. The number of anilines is 3. The molecule has 4 aliphatic heterocycles. The average Bonchev–Trinajstić information content (AvgIpc) is 1.02. The Morgan fingerprint density at radius 2 is 1.24 bits per heavy atom. The summed E-state index contributed by atoms with van der Waals surface area (Å²) in [6.07, 6.45) is 0.617. The molecule has 12 rings (SSSR count). The number of carbonyl (C=O) groups is 4. The summed E-state index contributed by atoms with van der Waals surface area (Å²) in [5, 5.41) is 49.8. The molecule has 4 saturated heterocycles. The number of nitro groups is 3. The van der Waals surface area contributed by atoms with Crippen LogP contribution in [-0.2, 0) is 64.7 Å². The highest BCUT2D eigenvalue weighted by molar-refractivity contribution is 7.92. The fourth-order valence-corrected chi connectivity index (χ4v) is 15.8. The maximum atomic E-state index is 14.1. The van der Waals surface area contributed by atoms with Crippen LogP contribution in [0.15, 0.2) is 136 Å². The molecule has 648 valence electrons. The first-order chi connectivity index (χ1) is 55.0. The number of aromatic nitrogens is 2. The van der Waals surface area contributed by atoms with Gasteiger partial charge in [0.15, 0.2) is 15.6 Å². The highest BCUT2D eigenvalue weighted by Crippen LogP contribution is 2.45. The van der Waals surface area contributed by atoms with Crippen molar-refractivity contribution >= 4 is 131 Å². The monoisotopic (exact) mass is 1760 g/mol. The van der Waals surface area contributed by atoms with Gasteiger partial charge in [0.2, 0.25) is 43.6 Å². The first kappa shape index (κ1) is 96.1. The van der Waals surface area contributed by atoms with Crippen molar-refractivity contribution in [3.63, 3.8) is 0 Å². The molecule has 5 aliphatic rings. The largest absolute Gasteiger partial charge is 0.455 e. The Morgan fingerprint density at radius 3 is 1.76 bits per heavy atom. The molecule has 0 bridgehead atoms. The molecule has 119 heavy (non-hydrogen) atoms. The van der Waals surface area contributed by atoms with Gasteiger partial charge >= 0.3 is 11.9 Å². The lowest BCUT2D eigenvalue weighted by Gasteiger charge is -2.39. The van der Waals surface area contributed by atoms with E-state index in [0.717, 1.165) is 66.2 Å². The van der Waals surface area contributed by atoms with Gasteiger partial charge in [-0.1, -0.05) is 25.5 Å². The van der Waals surface area contributed by atoms with Gasteiger partial charge in [-0.25, -0.2) is 40.5 Å². The molecule has 5 aromatic carbocycles. The normalized spacial score (nSPS) is 17.7. The number of halogens is 4. The number of hydrogen-bond donors (Lipinski definition) is 6. The quantitative estimate of drug-likeness (QED) is 0.0160. The number of ketones is 1. The molecular weight excluding hydrogens is 1670 g/mol. The Bertz CT molecular complexity index is 5270. The molecule has 0 radical (unpaired) electrons. The summed E-state index contributed by atoms with van der Waals surface area (Å²) in [5.74, 6) is -2.29. The molecule has 1 aliphatic carbocycles. The fourth-order valence-electron chi connectivity index (χ4n) is 13.5. The van der Waals surface area contributed by atoms with E-state index in [4.69, 9.17) is 35.0 Å². The lowest BCUT2D eigenvalue weighted by atomic mass is 9.72. The molecule has 3 atom stereocenters. The standard InChI is InChI=1S/C49H54F3N7O8S.C13H18N4O6S.C7H14N2O2.C6H5FN2O4S.2H2S/c1-31-21-35(49(50,51)52)5-8-40(31)42-25-48(3,4)13-11-34(42)28-56-15-17-57(18-16-56)36-6-9-41(46(23-36)67-37-22-33-12-14-53-47(33)55-26-37)45(61)30-68(64,65)39-7-10-43(44(24-39)59(62)63)54-27-38-29-58(32(2)60)19-20-66-38;1-9(18)16-4-5-23-10(8-16)7-15-12-3-2-11(24(14,21)22)6-13(12)17(19)20;1-6(10)9-3-7(2-8)4-11-5-9;7-5-2-1-4(14(8,12)13)3-6(5)9(10)11;;/h5-10,12,14,21-24,26,38,54H,11,13,15-20,25,27-30H2,1-4H3,(H,53,55);2-3,6,10,15H,4-5,7-8H2,1H3,(H2,14,21,22);7H,2-5,8H2,1H3;1-3H,(H2,8,12,13);2*1H2/t38-;10-;7-;;;/m000.../s1. The average molecular weight is 1760 g/mol. The molecule has 4 fully saturated rings. The van der Waals surface area contributed by atoms with E-state index >= 15 is 0 Å². The molecule has 9 N–H and O–H groups in total. The number of amides is 3. The van der Waals surface area contributed by atoms with E-state index in [2.05, 4.69) is 44.2 Å². The van der Waals surface area contributed by atoms with E-state index < -0.39 is 107 Å². The second kappa shape index (κ2) is 41.3. The number of nitro benzene ring substituents is 3. The number of nitrogens with two attached hydrogens (primary N) is 3. The summed E-state index contributed by atoms with van der Waals surface area (Å²) < 4.78 is 148. The number of allylic oxidation sites excluding steroid dienone is 1. The first-order valence-corrected chi connectivity index (χ1v) is 41.4. The maximum Gasteiger partial charge on any atom is 0.416 e. The number of rotatable bonds is 22. The number of pyridine rings is 1. The SMILES string of the molecule is CC(=O)N1CCO[C@@H](CNc2ccc(S(=O)(=O)CC(=O)c3ccc(N4CCN(CC5=C(c6ccc(C(F)(F)F)cc6C)CC(C)(C)CC5)CC4)cc3Oc3cnc4[nH]ccc4c3)cc2[N+](=O)[O-])C1.CC(=O)N1CCO[C@@H](CNc2ccc(S(N)(=O)=O)cc2[N+](=O)[O-])C1.CC(=O)N1COC[C@@H](CN)C1.NS(=O)(=O)c1ccc(F)c([N+](=O)[O-])c1.S.S. The van der Waals surface area contributed by atoms with Crippen LogP contribution in [0, 0.1) is 54.4 Å². The molecule has 0 saturated carbocycles. The summed E-state index contributed by atoms with van der Waals surface area (Å²) in [4.78, 5) is 94.9. The minimum absolute atomic E-state index is 0. The van der Waals surface area contributed by atoms with Gasteiger partial charge in [0.1, 0.15) is 41.0 Å². The topological polar surface area (TPSA) is 484 Å². The summed E-state index contributed by atoms with van der Waals surface area (Å²) in [7, 11) is -12.5. The maximum absolute atomic E-state index is 14.1. The molecule has 6 heterocycles. The number of carbonyl (C=O) groups excluding carboxylic acids is 4. The van der Waals surface area contributed by atoms with Crippen molar-refractivity contribution in [2.45, 2.75) is 93.9 Å². The van der Waals surface area contributed by atoms with Crippen molar-refractivity contribution in [3.8, 4) is 11.5 Å². The number of nitrogens with zero attached hydrogens (tertiary/aromatic N) is 9. The molecule has 44 heteroatoms. The van der Waals surface area contributed by atoms with Gasteiger partial charge in [-0.05, 0) is 128 Å². The zero-order valence-electron chi connectivity index (χ0n) is 65.7. The molecule has 7 aromatic rings. The minimum Gasteiger partial charge on any atom is -0.455 e. The Morgan fingerprint density at radius 1 is 0.689 bits per heavy atom. The summed E-state index contributed by atoms with van der Waals surface area (Å²) in [6, 6.07) is 21.4. The van der Waals surface area contributed by atoms with Gasteiger partial charge in [0.05, 0.1) is 78.8 Å². The Labute approximate surface area is 697 Å². The van der Waals surface area contributed by atoms with Gasteiger partial charge in [-0.15, -0.1) is 0 Å². The molecular formula is C75H95F4N15O20S5. The zero-order valence-corrected chi connectivity index (χ0v) is 70.2. The van der Waals surface area contributed by atoms with Crippen LogP contribution in [0.25, 0.3) is 16.6 Å². The number of hydrogen-bond acceptors (Lipinski definition) is 26. The molecule has 0 spiro atoms. The lowest BCUT2D eigenvalue weighted by Crippen LogP contribution is -2.47. The smallest absolute Gasteiger partial charge is 0.416 e. The van der Waals surface area contributed by atoms with Crippen LogP contribution >= 0.6 is 27.0 Å². The number of Topliss-reactive ketones (excluding diaryl/α,β-unsaturated/α-hetero) is 1. The van der Waals surface area contributed by atoms with Crippen molar-refractivity contribution in [2.75, 3.05) is 133 Å². The predicted molar refractivity (Wildman–Crippen MR) is 443 cm³/mol. The fraction of sp³-hybridized carbons (Fsp3) is 0.427. The number of piperazine rings is 1. The third-order valence-electron chi connectivity index (χ3n) is 19.9. The second-order valence-electron chi connectivity index (χ2n) is 29.1. The van der Waals surface area contributed by atoms with Crippen LogP contribution in [0.4, 0.5) is 51.7 Å². The van der Waals surface area contributed by atoms with E-state index in [-0.39, 0.29) is 96.9 Å². The Balaban J connectivity index is 0.000000308. The summed E-state index contributed by atoms with van der Waals surface area (Å²) in [6.45, 7) is 19.0. The molecule has 0 unspecified atom stereocenters. The number of ether oxygens (including phenoxy) is 4. The number of morpholine rings is 2. The number of fused-ring (bicyclic) bond motifs is 1. The van der Waals surface area contributed by atoms with E-state index in [9.17, 15) is 92.3 Å². The third-order valence-corrected chi connectivity index (χ3v) is 23.4. The van der Waals surface area contributed by atoms with Crippen molar-refractivity contribution in [2.24, 2.45) is 27.3 Å². The van der Waals surface area contributed by atoms with Gasteiger partial charge in [-0.2, -0.15) is 44.6 Å². The Kier molecular flexibility index (Phi) is 33.4. The first-order valence-electron chi connectivity index (χ1n) is 36.7. The second-order valence-corrected chi connectivity index (χ2v) is 34.2. The van der Waals surface area contributed by atoms with E-state index in [0.29, 0.717) is 127 Å². The van der Waals surface area contributed by atoms with Crippen LogP contribution in [0.1, 0.15) is 80.9 Å². The van der Waals surface area contributed by atoms with Crippen LogP contribution < -0.4 is 36.3 Å². The highest BCUT2D eigenvalue weighted by Gasteiger charge is 2.36. The third kappa shape index (κ3) is 26.5. The van der Waals surface area contributed by atoms with E-state index in [1.54, 1.807) is 59.0 Å². The number of sulfone groups is 1. The van der Waals surface area contributed by atoms with Crippen LogP contribution in [0.5, 0.6) is 11.5 Å². The highest BCUT2D eigenvalue weighted by atomic mass is 32.2. The van der Waals surface area contributed by atoms with Crippen molar-refractivity contribution < 1.29 is 95.7 Å².